The molecule has 3 nitrogen and oxygen atoms in total. The van der Waals surface area contributed by atoms with Gasteiger partial charge in [-0.05, 0) is 6.04 Å². The molecule has 1 N–H and O–H groups in total. The second kappa shape index (κ2) is 4.93. The smallest absolute Gasteiger partial charge is 0.211 e. The summed E-state index contributed by atoms with van der Waals surface area (Å²) in [6.07, 6.45) is 1.55. The van der Waals surface area contributed by atoms with E-state index in [1.807, 2.05) is 0 Å². The molecule has 0 unspecified atom stereocenters. The van der Waals surface area contributed by atoms with Gasteiger partial charge in [0.15, 0.2) is 0 Å². The van der Waals surface area contributed by atoms with Crippen LogP contribution >= 0.6 is 0 Å². The van der Waals surface area contributed by atoms with Crippen LogP contribution in [0.3, 0.4) is 0 Å². The van der Waals surface area contributed by atoms with Gasteiger partial charge in [0.25, 0.3) is 0 Å². The Bertz CT molecular complexity index is 254. The van der Waals surface area contributed by atoms with Crippen LogP contribution in [0, 0.1) is 0 Å². The van der Waals surface area contributed by atoms with E-state index in [0.717, 1.165) is 6.04 Å². The van der Waals surface area contributed by atoms with E-state index in [4.69, 9.17) is 0 Å². The van der Waals surface area contributed by atoms with Crippen molar-refractivity contribution in [2.45, 2.75) is 25.7 Å². The van der Waals surface area contributed by atoms with E-state index in [0.29, 0.717) is 6.54 Å². The summed E-state index contributed by atoms with van der Waals surface area (Å²) in [6.45, 7) is 10.3. The molecule has 0 bridgehead atoms. The summed E-state index contributed by atoms with van der Waals surface area (Å²) in [4.78, 5) is 0. The van der Waals surface area contributed by atoms with Crippen LogP contribution in [0.25, 0.3) is 0 Å². The summed E-state index contributed by atoms with van der Waals surface area (Å²) in [7, 11) is -4.31. The Balaban J connectivity index is 3.97. The highest BCUT2D eigenvalue weighted by molar-refractivity contribution is 7.89. The van der Waals surface area contributed by atoms with Crippen molar-refractivity contribution in [3.05, 3.63) is 12.7 Å². The van der Waals surface area contributed by atoms with E-state index in [1.54, 1.807) is 6.08 Å². The molecule has 78 valence electrons. The summed E-state index contributed by atoms with van der Waals surface area (Å²) in [5, 5.41) is 0. The molecule has 0 aromatic rings. The molecule has 5 heteroatoms. The second-order valence-electron chi connectivity index (χ2n) is 4.27. The van der Waals surface area contributed by atoms with Crippen molar-refractivity contribution in [2.24, 2.45) is 0 Å². The zero-order chi connectivity index (χ0) is 10.5. The molecule has 0 fully saturated rings. The average molecular weight is 221 g/mol. The van der Waals surface area contributed by atoms with E-state index >= 15 is 0 Å². The lowest BCUT2D eigenvalue weighted by Crippen LogP contribution is -2.31. The zero-order valence-corrected chi connectivity index (χ0v) is 10.4. The average Bonchev–Trinajstić information content (AvgIpc) is 1.97. The molecule has 0 aliphatic heterocycles. The van der Waals surface area contributed by atoms with Gasteiger partial charge in [-0.15, -0.1) is 6.58 Å². The standard InChI is InChI=1S/C8H19NO2SSi/c1-5-6-9-12(10,11)7-8-13(2,3)4/h5,9H,1,6-8H2,2-4H3. The van der Waals surface area contributed by atoms with Crippen molar-refractivity contribution in [2.75, 3.05) is 12.3 Å². The van der Waals surface area contributed by atoms with E-state index in [9.17, 15) is 8.42 Å². The maximum Gasteiger partial charge on any atom is 0.211 e. The van der Waals surface area contributed by atoms with Crippen molar-refractivity contribution in [3.63, 3.8) is 0 Å². The van der Waals surface area contributed by atoms with Crippen molar-refractivity contribution < 1.29 is 8.42 Å². The molecule has 0 rings (SSSR count). The summed E-state index contributed by atoms with van der Waals surface area (Å²) in [6, 6.07) is 0.805. The molecule has 0 aromatic heterocycles. The third-order valence-electron chi connectivity index (χ3n) is 1.57. The predicted molar refractivity (Wildman–Crippen MR) is 60.1 cm³/mol. The quantitative estimate of drug-likeness (QED) is 0.545. The predicted octanol–water partition coefficient (Wildman–Crippen LogP) is 1.43. The molecule has 0 amide bonds. The minimum absolute atomic E-state index is 0.247. The van der Waals surface area contributed by atoms with Gasteiger partial charge in [-0.2, -0.15) is 0 Å². The number of rotatable bonds is 6. The first kappa shape index (κ1) is 12.9. The molecule has 13 heavy (non-hydrogen) atoms. The van der Waals surface area contributed by atoms with E-state index in [-0.39, 0.29) is 5.75 Å². The Hall–Kier alpha value is -0.133. The lowest BCUT2D eigenvalue weighted by molar-refractivity contribution is 0.586. The molecule has 0 radical (unpaired) electrons. The summed E-state index contributed by atoms with van der Waals surface area (Å²) in [5.41, 5.74) is 0. The Labute approximate surface area is 82.3 Å². The highest BCUT2D eigenvalue weighted by Crippen LogP contribution is 2.08. The topological polar surface area (TPSA) is 46.2 Å². The van der Waals surface area contributed by atoms with Gasteiger partial charge in [-0.1, -0.05) is 25.7 Å². The van der Waals surface area contributed by atoms with Crippen molar-refractivity contribution in [1.29, 1.82) is 0 Å². The third-order valence-corrected chi connectivity index (χ3v) is 5.03. The molecule has 0 aliphatic carbocycles. The molecule has 0 aromatic carbocycles. The molecular formula is C8H19NO2SSi. The number of hydrogen-bond donors (Lipinski definition) is 1. The highest BCUT2D eigenvalue weighted by atomic mass is 32.2. The van der Waals surface area contributed by atoms with E-state index in [2.05, 4.69) is 30.9 Å². The normalized spacial score (nSPS) is 12.8. The van der Waals surface area contributed by atoms with E-state index in [1.165, 1.54) is 0 Å². The minimum Gasteiger partial charge on any atom is -0.212 e. The van der Waals surface area contributed by atoms with Gasteiger partial charge in [0.05, 0.1) is 5.75 Å². The Kier molecular flexibility index (Phi) is 4.88. The van der Waals surface area contributed by atoms with Gasteiger partial charge < -0.3 is 0 Å². The lowest BCUT2D eigenvalue weighted by atomic mass is 10.7. The number of sulfonamides is 1. The maximum atomic E-state index is 11.3. The molecular weight excluding hydrogens is 202 g/mol. The number of nitrogens with one attached hydrogen (secondary N) is 1. The van der Waals surface area contributed by atoms with Gasteiger partial charge in [0.1, 0.15) is 0 Å². The SMILES string of the molecule is C=CCNS(=O)(=O)CC[Si](C)(C)C. The minimum atomic E-state index is -3.06. The molecule has 0 aliphatic rings. The fraction of sp³-hybridized carbons (Fsp3) is 0.750. The first-order chi connectivity index (χ1) is 5.77. The Morgan fingerprint density at radius 3 is 2.31 bits per heavy atom. The molecule has 0 heterocycles. The van der Waals surface area contributed by atoms with E-state index < -0.39 is 18.1 Å². The first-order valence-electron chi connectivity index (χ1n) is 4.35. The van der Waals surface area contributed by atoms with Gasteiger partial charge in [-0.3, -0.25) is 0 Å². The van der Waals surface area contributed by atoms with Gasteiger partial charge >= 0.3 is 0 Å². The lowest BCUT2D eigenvalue weighted by Gasteiger charge is -2.15. The van der Waals surface area contributed by atoms with Gasteiger partial charge in [-0.25, -0.2) is 13.1 Å². The molecule has 0 spiro atoms. The third kappa shape index (κ3) is 8.20. The van der Waals surface area contributed by atoms with Crippen LogP contribution < -0.4 is 4.72 Å². The van der Waals surface area contributed by atoms with Crippen LogP contribution in [0.15, 0.2) is 12.7 Å². The molecule has 0 saturated carbocycles. The maximum absolute atomic E-state index is 11.3. The zero-order valence-electron chi connectivity index (χ0n) is 8.63. The van der Waals surface area contributed by atoms with Crippen molar-refractivity contribution in [1.82, 2.24) is 4.72 Å². The molecule has 0 atom stereocenters. The highest BCUT2D eigenvalue weighted by Gasteiger charge is 2.17. The second-order valence-corrected chi connectivity index (χ2v) is 11.8. The first-order valence-corrected chi connectivity index (χ1v) is 9.71. The van der Waals surface area contributed by atoms with Crippen LogP contribution in [0.4, 0.5) is 0 Å². The monoisotopic (exact) mass is 221 g/mol. The largest absolute Gasteiger partial charge is 0.212 e. The summed E-state index contributed by atoms with van der Waals surface area (Å²) in [5.74, 6) is 0.247. The summed E-state index contributed by atoms with van der Waals surface area (Å²) < 4.78 is 25.1. The summed E-state index contributed by atoms with van der Waals surface area (Å²) >= 11 is 0. The van der Waals surface area contributed by atoms with Crippen molar-refractivity contribution in [3.8, 4) is 0 Å². The Morgan fingerprint density at radius 1 is 1.38 bits per heavy atom. The number of hydrogen-bond acceptors (Lipinski definition) is 2. The van der Waals surface area contributed by atoms with Gasteiger partial charge in [0.2, 0.25) is 10.0 Å². The fourth-order valence-electron chi connectivity index (χ4n) is 0.699. The fourth-order valence-corrected chi connectivity index (χ4v) is 4.74. The van der Waals surface area contributed by atoms with Crippen LogP contribution in [0.2, 0.25) is 25.7 Å². The Morgan fingerprint density at radius 2 is 1.92 bits per heavy atom. The van der Waals surface area contributed by atoms with Crippen LogP contribution in [-0.2, 0) is 10.0 Å². The van der Waals surface area contributed by atoms with Crippen LogP contribution in [-0.4, -0.2) is 28.8 Å². The van der Waals surface area contributed by atoms with Gasteiger partial charge in [0, 0.05) is 14.6 Å². The van der Waals surface area contributed by atoms with Crippen LogP contribution in [0.5, 0.6) is 0 Å². The molecule has 0 saturated heterocycles. The van der Waals surface area contributed by atoms with Crippen LogP contribution in [0.1, 0.15) is 0 Å². The van der Waals surface area contributed by atoms with Crippen molar-refractivity contribution >= 4 is 18.1 Å².